The summed E-state index contributed by atoms with van der Waals surface area (Å²) in [5.41, 5.74) is 6.00. The maximum absolute atomic E-state index is 12.2. The van der Waals surface area contributed by atoms with Crippen molar-refractivity contribution in [1.29, 1.82) is 0 Å². The third kappa shape index (κ3) is 6.60. The highest BCUT2D eigenvalue weighted by atomic mass is 127. The maximum Gasteiger partial charge on any atom is 0.234 e. The van der Waals surface area contributed by atoms with Gasteiger partial charge in [-0.3, -0.25) is 9.59 Å². The minimum absolute atomic E-state index is 0.102. The van der Waals surface area contributed by atoms with E-state index in [1.807, 2.05) is 28.8 Å². The number of thioether (sulfide) groups is 1. The zero-order chi connectivity index (χ0) is 19.1. The van der Waals surface area contributed by atoms with E-state index in [0.717, 1.165) is 21.6 Å². The van der Waals surface area contributed by atoms with Gasteiger partial charge in [0.25, 0.3) is 0 Å². The number of halogens is 1. The summed E-state index contributed by atoms with van der Waals surface area (Å²) in [6.45, 7) is 4.91. The average Bonchev–Trinajstić information content (AvgIpc) is 2.92. The Labute approximate surface area is 170 Å². The van der Waals surface area contributed by atoms with Gasteiger partial charge in [0.1, 0.15) is 5.82 Å². The van der Waals surface area contributed by atoms with Crippen molar-refractivity contribution in [3.63, 3.8) is 0 Å². The molecule has 9 heteroatoms. The second kappa shape index (κ2) is 9.91. The van der Waals surface area contributed by atoms with Crippen molar-refractivity contribution in [3.8, 4) is 0 Å². The lowest BCUT2D eigenvalue weighted by molar-refractivity contribution is -0.118. The summed E-state index contributed by atoms with van der Waals surface area (Å²) < 4.78 is 3.03. The van der Waals surface area contributed by atoms with Crippen LogP contribution < -0.4 is 11.1 Å². The van der Waals surface area contributed by atoms with Crippen molar-refractivity contribution < 1.29 is 9.59 Å². The molecule has 0 spiro atoms. The minimum atomic E-state index is -0.366. The fourth-order valence-electron chi connectivity index (χ4n) is 2.29. The topological polar surface area (TPSA) is 103 Å². The van der Waals surface area contributed by atoms with Crippen LogP contribution in [0.2, 0.25) is 0 Å². The van der Waals surface area contributed by atoms with Crippen LogP contribution in [0.25, 0.3) is 0 Å². The molecule has 0 aliphatic rings. The number of aromatic nitrogens is 3. The molecule has 0 atom stereocenters. The van der Waals surface area contributed by atoms with Gasteiger partial charge in [0, 0.05) is 28.6 Å². The van der Waals surface area contributed by atoms with E-state index in [-0.39, 0.29) is 24.0 Å². The van der Waals surface area contributed by atoms with Gasteiger partial charge >= 0.3 is 0 Å². The van der Waals surface area contributed by atoms with Crippen LogP contribution in [0.4, 0.5) is 5.69 Å². The minimum Gasteiger partial charge on any atom is -0.370 e. The first-order chi connectivity index (χ1) is 12.3. The normalized spacial score (nSPS) is 10.9. The highest BCUT2D eigenvalue weighted by molar-refractivity contribution is 14.1. The largest absolute Gasteiger partial charge is 0.370 e. The summed E-state index contributed by atoms with van der Waals surface area (Å²) in [5, 5.41) is 11.9. The van der Waals surface area contributed by atoms with Crippen LogP contribution in [0.1, 0.15) is 26.1 Å². The highest BCUT2D eigenvalue weighted by Gasteiger charge is 2.16. The molecule has 0 bridgehead atoms. The number of nitrogens with one attached hydrogen (secondary N) is 1. The van der Waals surface area contributed by atoms with Crippen LogP contribution in [0.15, 0.2) is 29.4 Å². The van der Waals surface area contributed by atoms with Gasteiger partial charge in [-0.25, -0.2) is 0 Å². The summed E-state index contributed by atoms with van der Waals surface area (Å²) in [7, 11) is 0. The van der Waals surface area contributed by atoms with E-state index in [2.05, 4.69) is 52.0 Å². The number of carbonyl (C=O) groups is 2. The van der Waals surface area contributed by atoms with Gasteiger partial charge in [-0.05, 0) is 46.7 Å². The number of amides is 2. The van der Waals surface area contributed by atoms with Gasteiger partial charge in [0.2, 0.25) is 11.8 Å². The molecule has 0 aliphatic carbocycles. The number of primary amides is 1. The summed E-state index contributed by atoms with van der Waals surface area (Å²) in [4.78, 5) is 23.2. The van der Waals surface area contributed by atoms with Crippen molar-refractivity contribution in [1.82, 2.24) is 14.8 Å². The Bertz CT molecular complexity index is 778. The molecule has 2 aromatic rings. The van der Waals surface area contributed by atoms with Gasteiger partial charge in [-0.2, -0.15) is 0 Å². The lowest BCUT2D eigenvalue weighted by Gasteiger charge is -2.12. The molecule has 0 fully saturated rings. The third-order valence-corrected chi connectivity index (χ3v) is 5.01. The zero-order valence-corrected chi connectivity index (χ0v) is 17.7. The number of aryl methyl sites for hydroxylation is 1. The maximum atomic E-state index is 12.2. The van der Waals surface area contributed by atoms with Crippen LogP contribution in [0, 0.1) is 9.49 Å². The predicted octanol–water partition coefficient (Wildman–Crippen LogP) is 2.69. The van der Waals surface area contributed by atoms with Crippen molar-refractivity contribution in [3.05, 3.63) is 33.7 Å². The molecule has 3 N–H and O–H groups in total. The van der Waals surface area contributed by atoms with Crippen molar-refractivity contribution >= 4 is 51.9 Å². The van der Waals surface area contributed by atoms with Crippen LogP contribution in [-0.2, 0) is 22.6 Å². The highest BCUT2D eigenvalue weighted by Crippen LogP contribution is 2.20. The van der Waals surface area contributed by atoms with E-state index in [0.29, 0.717) is 17.5 Å². The standard InChI is InChI=1S/C17H22IN5O2S/c1-11(2)9-23-15(7-6-14(19)24)21-22-17(23)26-10-16(25)20-13-5-3-4-12(18)8-13/h3-5,8,11H,6-7,9-10H2,1-2H3,(H2,19,24)(H,20,25). The van der Waals surface area contributed by atoms with Gasteiger partial charge in [0.05, 0.1) is 5.75 Å². The molecule has 2 amide bonds. The zero-order valence-electron chi connectivity index (χ0n) is 14.7. The number of benzene rings is 1. The fourth-order valence-corrected chi connectivity index (χ4v) is 3.60. The molecule has 1 aromatic carbocycles. The smallest absolute Gasteiger partial charge is 0.234 e. The van der Waals surface area contributed by atoms with Crippen LogP contribution in [-0.4, -0.2) is 32.3 Å². The first-order valence-corrected chi connectivity index (χ1v) is 10.3. The summed E-state index contributed by atoms with van der Waals surface area (Å²) in [6, 6.07) is 7.63. The summed E-state index contributed by atoms with van der Waals surface area (Å²) >= 11 is 3.54. The Morgan fingerprint density at radius 2 is 2.12 bits per heavy atom. The third-order valence-electron chi connectivity index (χ3n) is 3.38. The Hall–Kier alpha value is -1.62. The SMILES string of the molecule is CC(C)Cn1c(CCC(N)=O)nnc1SCC(=O)Nc1cccc(I)c1. The number of hydrogen-bond donors (Lipinski definition) is 2. The molecule has 1 heterocycles. The summed E-state index contributed by atoms with van der Waals surface area (Å²) in [5.74, 6) is 0.873. The van der Waals surface area contributed by atoms with Crippen LogP contribution in [0.5, 0.6) is 0 Å². The van der Waals surface area contributed by atoms with E-state index in [9.17, 15) is 9.59 Å². The van der Waals surface area contributed by atoms with Crippen LogP contribution in [0.3, 0.4) is 0 Å². The molecular weight excluding hydrogens is 465 g/mol. The first-order valence-electron chi connectivity index (χ1n) is 8.23. The summed E-state index contributed by atoms with van der Waals surface area (Å²) in [6.07, 6.45) is 0.679. The monoisotopic (exact) mass is 487 g/mol. The van der Waals surface area contributed by atoms with Gasteiger partial charge in [-0.1, -0.05) is 31.7 Å². The predicted molar refractivity (Wildman–Crippen MR) is 111 cm³/mol. The van der Waals surface area contributed by atoms with Crippen LogP contribution >= 0.6 is 34.4 Å². The molecular formula is C17H22IN5O2S. The van der Waals surface area contributed by atoms with Gasteiger partial charge in [0.15, 0.2) is 5.16 Å². The number of hydrogen-bond acceptors (Lipinski definition) is 5. The molecule has 140 valence electrons. The fraction of sp³-hybridized carbons (Fsp3) is 0.412. The molecule has 1 aromatic heterocycles. The van der Waals surface area contributed by atoms with Gasteiger partial charge in [-0.15, -0.1) is 10.2 Å². The molecule has 7 nitrogen and oxygen atoms in total. The number of anilines is 1. The number of rotatable bonds is 9. The Kier molecular flexibility index (Phi) is 7.88. The second-order valence-corrected chi connectivity index (χ2v) is 8.40. The van der Waals surface area contributed by atoms with Crippen molar-refractivity contribution in [2.75, 3.05) is 11.1 Å². The van der Waals surface area contributed by atoms with Gasteiger partial charge < -0.3 is 15.6 Å². The first kappa shape index (κ1) is 20.7. The Morgan fingerprint density at radius 3 is 2.77 bits per heavy atom. The van der Waals surface area contributed by atoms with Crippen molar-refractivity contribution in [2.24, 2.45) is 11.7 Å². The molecule has 0 saturated carbocycles. The number of carbonyl (C=O) groups excluding carboxylic acids is 2. The molecule has 0 unspecified atom stereocenters. The van der Waals surface area contributed by atoms with E-state index >= 15 is 0 Å². The van der Waals surface area contributed by atoms with E-state index in [1.54, 1.807) is 0 Å². The lowest BCUT2D eigenvalue weighted by atomic mass is 10.2. The van der Waals surface area contributed by atoms with Crippen molar-refractivity contribution in [2.45, 2.75) is 38.4 Å². The lowest BCUT2D eigenvalue weighted by Crippen LogP contribution is -2.16. The Morgan fingerprint density at radius 1 is 1.35 bits per heavy atom. The molecule has 2 rings (SSSR count). The van der Waals surface area contributed by atoms with E-state index in [4.69, 9.17) is 5.73 Å². The van der Waals surface area contributed by atoms with E-state index in [1.165, 1.54) is 11.8 Å². The van der Waals surface area contributed by atoms with E-state index < -0.39 is 0 Å². The molecule has 0 aliphatic heterocycles. The number of nitrogens with zero attached hydrogens (tertiary/aromatic N) is 3. The molecule has 26 heavy (non-hydrogen) atoms. The number of nitrogens with two attached hydrogens (primary N) is 1. The Balaban J connectivity index is 2.01. The quantitative estimate of drug-likeness (QED) is 0.418. The second-order valence-electron chi connectivity index (χ2n) is 6.22. The molecule has 0 saturated heterocycles. The average molecular weight is 487 g/mol. The molecule has 0 radical (unpaired) electrons.